The lowest BCUT2D eigenvalue weighted by Crippen LogP contribution is -2.45. The molecule has 0 saturated carbocycles. The molecular formula is C24H19Cl2IN2O4S. The van der Waals surface area contributed by atoms with E-state index in [0.717, 1.165) is 18.3 Å². The Morgan fingerprint density at radius 1 is 1.00 bits per heavy atom. The van der Waals surface area contributed by atoms with E-state index >= 15 is 0 Å². The summed E-state index contributed by atoms with van der Waals surface area (Å²) in [6.07, 6.45) is -0.284. The first-order valence-corrected chi connectivity index (χ1v) is 13.5. The second-order valence-corrected chi connectivity index (χ2v) is 11.8. The number of rotatable bonds is 6. The highest BCUT2D eigenvalue weighted by atomic mass is 127. The third-order valence-corrected chi connectivity index (χ3v) is 8.78. The zero-order valence-electron chi connectivity index (χ0n) is 17.9. The Morgan fingerprint density at radius 2 is 1.65 bits per heavy atom. The molecule has 0 radical (unpaired) electrons. The normalized spacial score (nSPS) is 16.5. The number of aryl methyl sites for hydroxylation is 1. The van der Waals surface area contributed by atoms with Gasteiger partial charge in [0.05, 0.1) is 17.1 Å². The molecule has 6 nitrogen and oxygen atoms in total. The summed E-state index contributed by atoms with van der Waals surface area (Å²) in [5, 5.41) is 0.164. The van der Waals surface area contributed by atoms with Crippen LogP contribution >= 0.6 is 45.8 Å². The third kappa shape index (κ3) is 5.01. The molecule has 0 bridgehead atoms. The van der Waals surface area contributed by atoms with E-state index in [-0.39, 0.29) is 27.9 Å². The molecule has 1 aliphatic heterocycles. The Labute approximate surface area is 221 Å². The van der Waals surface area contributed by atoms with Gasteiger partial charge in [-0.05, 0) is 77.5 Å². The second-order valence-electron chi connectivity index (χ2n) is 7.87. The summed E-state index contributed by atoms with van der Waals surface area (Å²) >= 11 is 14.4. The maximum Gasteiger partial charge on any atom is 0.252 e. The van der Waals surface area contributed by atoms with Gasteiger partial charge >= 0.3 is 0 Å². The Hall–Kier alpha value is -1.98. The summed E-state index contributed by atoms with van der Waals surface area (Å²) < 4.78 is 29.6. The minimum absolute atomic E-state index is 0.0235. The summed E-state index contributed by atoms with van der Waals surface area (Å²) in [6.45, 7) is 1.80. The van der Waals surface area contributed by atoms with Crippen LogP contribution in [-0.4, -0.2) is 30.6 Å². The molecule has 34 heavy (non-hydrogen) atoms. The molecule has 0 N–H and O–H groups in total. The smallest absolute Gasteiger partial charge is 0.252 e. The van der Waals surface area contributed by atoms with Crippen LogP contribution in [-0.2, 0) is 26.2 Å². The number of hydrogen-bond donors (Lipinski definition) is 0. The zero-order chi connectivity index (χ0) is 24.6. The monoisotopic (exact) mass is 628 g/mol. The first-order valence-electron chi connectivity index (χ1n) is 10.2. The number of carbonyl (C=O) groups excluding carboxylic acids is 2. The molecule has 3 aromatic carbocycles. The van der Waals surface area contributed by atoms with Crippen molar-refractivity contribution in [1.29, 1.82) is 0 Å². The van der Waals surface area contributed by atoms with Crippen LogP contribution in [0.25, 0.3) is 0 Å². The van der Waals surface area contributed by atoms with Crippen LogP contribution in [0.1, 0.15) is 17.5 Å². The van der Waals surface area contributed by atoms with Gasteiger partial charge in [-0.15, -0.1) is 0 Å². The first kappa shape index (κ1) is 25.1. The molecular weight excluding hydrogens is 610 g/mol. The maximum atomic E-state index is 13.8. The number of nitrogens with zero attached hydrogens (tertiary/aromatic N) is 2. The van der Waals surface area contributed by atoms with Crippen LogP contribution in [0.5, 0.6) is 0 Å². The van der Waals surface area contributed by atoms with E-state index in [1.54, 1.807) is 36.4 Å². The van der Waals surface area contributed by atoms with Crippen LogP contribution in [0.2, 0.25) is 10.0 Å². The van der Waals surface area contributed by atoms with Gasteiger partial charge < -0.3 is 0 Å². The molecule has 1 unspecified atom stereocenters. The van der Waals surface area contributed by atoms with Crippen molar-refractivity contribution in [2.75, 3.05) is 4.90 Å². The molecule has 10 heteroatoms. The van der Waals surface area contributed by atoms with E-state index in [1.807, 2.05) is 19.1 Å². The van der Waals surface area contributed by atoms with E-state index in [9.17, 15) is 18.0 Å². The SMILES string of the molecule is Cc1ccc(CN(C2CC(=O)N(c3ccc(I)cc3)C2=O)S(=O)(=O)c2cc(Cl)ccc2Cl)cc1. The summed E-state index contributed by atoms with van der Waals surface area (Å²) in [5.74, 6) is -1.09. The Balaban J connectivity index is 1.78. The van der Waals surface area contributed by atoms with Crippen LogP contribution in [0.4, 0.5) is 5.69 Å². The molecule has 2 amide bonds. The number of hydrogen-bond acceptors (Lipinski definition) is 4. The van der Waals surface area contributed by atoms with E-state index < -0.39 is 27.9 Å². The lowest BCUT2D eigenvalue weighted by Gasteiger charge is -2.27. The average molecular weight is 629 g/mol. The van der Waals surface area contributed by atoms with E-state index in [0.29, 0.717) is 11.3 Å². The fourth-order valence-corrected chi connectivity index (χ4v) is 6.41. The maximum absolute atomic E-state index is 13.8. The van der Waals surface area contributed by atoms with Crippen LogP contribution in [0, 0.1) is 10.5 Å². The molecule has 1 fully saturated rings. The third-order valence-electron chi connectivity index (χ3n) is 5.49. The molecule has 1 heterocycles. The molecule has 0 aromatic heterocycles. The summed E-state index contributed by atoms with van der Waals surface area (Å²) in [6, 6.07) is 17.0. The predicted octanol–water partition coefficient (Wildman–Crippen LogP) is 5.43. The highest BCUT2D eigenvalue weighted by Crippen LogP contribution is 2.34. The van der Waals surface area contributed by atoms with Crippen LogP contribution < -0.4 is 4.90 Å². The number of anilines is 1. The lowest BCUT2D eigenvalue weighted by molar-refractivity contribution is -0.122. The van der Waals surface area contributed by atoms with Gasteiger partial charge in [0, 0.05) is 15.1 Å². The molecule has 176 valence electrons. The van der Waals surface area contributed by atoms with Gasteiger partial charge in [0.25, 0.3) is 5.91 Å². The lowest BCUT2D eigenvalue weighted by atomic mass is 10.1. The summed E-state index contributed by atoms with van der Waals surface area (Å²) in [7, 11) is -4.30. The van der Waals surface area contributed by atoms with Gasteiger partial charge in [0.1, 0.15) is 10.9 Å². The summed E-state index contributed by atoms with van der Waals surface area (Å²) in [4.78, 5) is 27.2. The van der Waals surface area contributed by atoms with Crippen molar-refractivity contribution in [3.05, 3.63) is 91.5 Å². The van der Waals surface area contributed by atoms with Gasteiger partial charge in [-0.2, -0.15) is 4.31 Å². The van der Waals surface area contributed by atoms with Crippen molar-refractivity contribution >= 4 is 73.3 Å². The largest absolute Gasteiger partial charge is 0.274 e. The van der Waals surface area contributed by atoms with Gasteiger partial charge in [0.2, 0.25) is 15.9 Å². The Morgan fingerprint density at radius 3 is 2.29 bits per heavy atom. The number of amides is 2. The molecule has 1 saturated heterocycles. The number of sulfonamides is 1. The van der Waals surface area contributed by atoms with Crippen LogP contribution in [0.15, 0.2) is 71.6 Å². The van der Waals surface area contributed by atoms with Crippen LogP contribution in [0.3, 0.4) is 0 Å². The number of benzene rings is 3. The van der Waals surface area contributed by atoms with Gasteiger partial charge in [-0.3, -0.25) is 9.59 Å². The zero-order valence-corrected chi connectivity index (χ0v) is 22.4. The number of imide groups is 1. The number of carbonyl (C=O) groups is 2. The predicted molar refractivity (Wildman–Crippen MR) is 140 cm³/mol. The highest BCUT2D eigenvalue weighted by Gasteiger charge is 2.47. The Kier molecular flexibility index (Phi) is 7.35. The fraction of sp³-hybridized carbons (Fsp3) is 0.167. The minimum atomic E-state index is -4.30. The van der Waals surface area contributed by atoms with E-state index in [4.69, 9.17) is 23.2 Å². The topological polar surface area (TPSA) is 74.8 Å². The minimum Gasteiger partial charge on any atom is -0.274 e. The summed E-state index contributed by atoms with van der Waals surface area (Å²) in [5.41, 5.74) is 2.07. The van der Waals surface area contributed by atoms with E-state index in [2.05, 4.69) is 22.6 Å². The van der Waals surface area contributed by atoms with Gasteiger partial charge in [0.15, 0.2) is 0 Å². The Bertz CT molecular complexity index is 1360. The van der Waals surface area contributed by atoms with Crippen molar-refractivity contribution in [2.24, 2.45) is 0 Å². The van der Waals surface area contributed by atoms with Crippen molar-refractivity contribution in [3.63, 3.8) is 0 Å². The average Bonchev–Trinajstić information content (AvgIpc) is 3.09. The molecule has 4 rings (SSSR count). The van der Waals surface area contributed by atoms with Gasteiger partial charge in [-0.1, -0.05) is 53.0 Å². The number of halogens is 3. The molecule has 1 aliphatic rings. The molecule has 1 atom stereocenters. The van der Waals surface area contributed by atoms with Gasteiger partial charge in [-0.25, -0.2) is 13.3 Å². The van der Waals surface area contributed by atoms with E-state index in [1.165, 1.54) is 18.2 Å². The first-order chi connectivity index (χ1) is 16.1. The molecule has 3 aromatic rings. The molecule has 0 aliphatic carbocycles. The highest BCUT2D eigenvalue weighted by molar-refractivity contribution is 14.1. The quantitative estimate of drug-likeness (QED) is 0.270. The second kappa shape index (κ2) is 9.94. The van der Waals surface area contributed by atoms with Crippen molar-refractivity contribution in [1.82, 2.24) is 4.31 Å². The standard InChI is InChI=1S/C24H19Cl2IN2O4S/c1-15-2-4-16(5-3-15)14-28(34(32,33)22-12-17(25)6-11-20(22)26)21-13-23(30)29(24(21)31)19-9-7-18(27)8-10-19/h2-12,21H,13-14H2,1H3. The fourth-order valence-electron chi connectivity index (χ4n) is 3.74. The van der Waals surface area contributed by atoms with Crippen molar-refractivity contribution in [3.8, 4) is 0 Å². The van der Waals surface area contributed by atoms with Crippen molar-refractivity contribution < 1.29 is 18.0 Å². The molecule has 0 spiro atoms. The van der Waals surface area contributed by atoms with Crippen molar-refractivity contribution in [2.45, 2.75) is 30.8 Å².